The molecule has 1 saturated heterocycles. The molecule has 1 saturated carbocycles. The van der Waals surface area contributed by atoms with E-state index < -0.39 is 0 Å². The second-order valence-corrected chi connectivity index (χ2v) is 6.17. The zero-order chi connectivity index (χ0) is 12.5. The van der Waals surface area contributed by atoms with Crippen LogP contribution in [0.1, 0.15) is 39.5 Å². The zero-order valence-electron chi connectivity index (χ0n) is 11.6. The molecule has 2 N–H and O–H groups in total. The molecule has 17 heavy (non-hydrogen) atoms. The van der Waals surface area contributed by atoms with Crippen LogP contribution in [0.4, 0.5) is 0 Å². The topological polar surface area (TPSA) is 35.5 Å². The Hall–Kier alpha value is -0.120. The van der Waals surface area contributed by atoms with Crippen molar-refractivity contribution in [1.82, 2.24) is 10.2 Å². The molecule has 3 atom stereocenters. The highest BCUT2D eigenvalue weighted by Gasteiger charge is 2.45. The highest BCUT2D eigenvalue weighted by atomic mass is 16.3. The van der Waals surface area contributed by atoms with E-state index in [9.17, 15) is 5.11 Å². The molecule has 1 aliphatic heterocycles. The summed E-state index contributed by atoms with van der Waals surface area (Å²) in [5, 5.41) is 13.2. The molecule has 3 nitrogen and oxygen atoms in total. The van der Waals surface area contributed by atoms with Gasteiger partial charge in [-0.25, -0.2) is 0 Å². The SMILES string of the molecule is CNC(CO)(CN1CCCC(C)C1C)C1CC1. The Morgan fingerprint density at radius 3 is 2.53 bits per heavy atom. The molecule has 2 fully saturated rings. The van der Waals surface area contributed by atoms with Gasteiger partial charge in [-0.3, -0.25) is 4.90 Å². The maximum absolute atomic E-state index is 9.78. The van der Waals surface area contributed by atoms with Crippen molar-refractivity contribution in [1.29, 1.82) is 0 Å². The fraction of sp³-hybridized carbons (Fsp3) is 1.00. The smallest absolute Gasteiger partial charge is 0.0628 e. The molecule has 2 aliphatic rings. The van der Waals surface area contributed by atoms with Crippen molar-refractivity contribution in [2.45, 2.75) is 51.1 Å². The molecular weight excluding hydrogens is 212 g/mol. The highest BCUT2D eigenvalue weighted by molar-refractivity contribution is 5.03. The van der Waals surface area contributed by atoms with Gasteiger partial charge in [-0.05, 0) is 58.0 Å². The molecule has 0 amide bonds. The minimum atomic E-state index is -0.0503. The van der Waals surface area contributed by atoms with Crippen molar-refractivity contribution in [3.63, 3.8) is 0 Å². The number of rotatable bonds is 5. The van der Waals surface area contributed by atoms with E-state index in [0.717, 1.165) is 12.5 Å². The summed E-state index contributed by atoms with van der Waals surface area (Å²) in [5.74, 6) is 1.47. The van der Waals surface area contributed by atoms with Crippen LogP contribution >= 0.6 is 0 Å². The van der Waals surface area contributed by atoms with E-state index in [4.69, 9.17) is 0 Å². The number of hydrogen-bond donors (Lipinski definition) is 2. The van der Waals surface area contributed by atoms with Crippen molar-refractivity contribution in [3.05, 3.63) is 0 Å². The highest BCUT2D eigenvalue weighted by Crippen LogP contribution is 2.40. The van der Waals surface area contributed by atoms with Gasteiger partial charge < -0.3 is 10.4 Å². The third-order valence-corrected chi connectivity index (χ3v) is 5.13. The van der Waals surface area contributed by atoms with Crippen molar-refractivity contribution < 1.29 is 5.11 Å². The van der Waals surface area contributed by atoms with Crippen molar-refractivity contribution in [2.24, 2.45) is 11.8 Å². The van der Waals surface area contributed by atoms with Crippen LogP contribution in [0.2, 0.25) is 0 Å². The van der Waals surface area contributed by atoms with Gasteiger partial charge in [0, 0.05) is 12.6 Å². The lowest BCUT2D eigenvalue weighted by Crippen LogP contribution is -2.59. The minimum Gasteiger partial charge on any atom is -0.394 e. The van der Waals surface area contributed by atoms with E-state index in [0.29, 0.717) is 12.0 Å². The fourth-order valence-electron chi connectivity index (χ4n) is 3.31. The molecule has 2 rings (SSSR count). The minimum absolute atomic E-state index is 0.0503. The van der Waals surface area contributed by atoms with Gasteiger partial charge in [0.15, 0.2) is 0 Å². The van der Waals surface area contributed by atoms with Gasteiger partial charge in [0.1, 0.15) is 0 Å². The van der Waals surface area contributed by atoms with E-state index in [1.807, 2.05) is 7.05 Å². The van der Waals surface area contributed by atoms with Gasteiger partial charge in [-0.1, -0.05) is 6.92 Å². The van der Waals surface area contributed by atoms with E-state index in [1.165, 1.54) is 32.2 Å². The Balaban J connectivity index is 2.01. The van der Waals surface area contributed by atoms with Crippen LogP contribution in [-0.2, 0) is 0 Å². The van der Waals surface area contributed by atoms with E-state index in [1.54, 1.807) is 0 Å². The first-order valence-corrected chi connectivity index (χ1v) is 7.17. The van der Waals surface area contributed by atoms with Crippen LogP contribution in [0, 0.1) is 11.8 Å². The van der Waals surface area contributed by atoms with Crippen molar-refractivity contribution >= 4 is 0 Å². The lowest BCUT2D eigenvalue weighted by molar-refractivity contribution is 0.0440. The Morgan fingerprint density at radius 2 is 2.00 bits per heavy atom. The molecule has 3 heteroatoms. The maximum Gasteiger partial charge on any atom is 0.0628 e. The van der Waals surface area contributed by atoms with Gasteiger partial charge in [0.25, 0.3) is 0 Å². The molecule has 0 aromatic carbocycles. The summed E-state index contributed by atoms with van der Waals surface area (Å²) in [6.07, 6.45) is 5.21. The first-order valence-electron chi connectivity index (χ1n) is 7.17. The molecular formula is C14H28N2O. The van der Waals surface area contributed by atoms with Crippen molar-refractivity contribution in [3.8, 4) is 0 Å². The Labute approximate surface area is 106 Å². The second kappa shape index (κ2) is 5.25. The normalized spacial score (nSPS) is 34.6. The Bertz CT molecular complexity index is 249. The van der Waals surface area contributed by atoms with Gasteiger partial charge in [0.05, 0.1) is 12.1 Å². The number of nitrogens with one attached hydrogen (secondary N) is 1. The van der Waals surface area contributed by atoms with Crippen LogP contribution in [0.15, 0.2) is 0 Å². The monoisotopic (exact) mass is 240 g/mol. The molecule has 0 radical (unpaired) electrons. The predicted molar refractivity (Wildman–Crippen MR) is 71.0 cm³/mol. The lowest BCUT2D eigenvalue weighted by atomic mass is 9.87. The van der Waals surface area contributed by atoms with Crippen LogP contribution in [0.25, 0.3) is 0 Å². The molecule has 0 aromatic rings. The van der Waals surface area contributed by atoms with E-state index in [-0.39, 0.29) is 12.1 Å². The van der Waals surface area contributed by atoms with E-state index >= 15 is 0 Å². The number of likely N-dealkylation sites (tertiary alicyclic amines) is 1. The molecule has 1 aliphatic carbocycles. The lowest BCUT2D eigenvalue weighted by Gasteiger charge is -2.44. The third kappa shape index (κ3) is 2.67. The summed E-state index contributed by atoms with van der Waals surface area (Å²) < 4.78 is 0. The largest absolute Gasteiger partial charge is 0.394 e. The van der Waals surface area contributed by atoms with Crippen LogP contribution in [0.5, 0.6) is 0 Å². The number of nitrogens with zero attached hydrogens (tertiary/aromatic N) is 1. The second-order valence-electron chi connectivity index (χ2n) is 6.17. The maximum atomic E-state index is 9.78. The number of aliphatic hydroxyl groups is 1. The first-order chi connectivity index (χ1) is 8.13. The summed E-state index contributed by atoms with van der Waals surface area (Å²) in [6.45, 7) is 7.17. The quantitative estimate of drug-likeness (QED) is 0.764. The summed E-state index contributed by atoms with van der Waals surface area (Å²) in [5.41, 5.74) is -0.0503. The Kier molecular flexibility index (Phi) is 4.11. The predicted octanol–water partition coefficient (Wildman–Crippen LogP) is 1.47. The molecule has 0 aromatic heterocycles. The average molecular weight is 240 g/mol. The zero-order valence-corrected chi connectivity index (χ0v) is 11.6. The van der Waals surface area contributed by atoms with Gasteiger partial charge >= 0.3 is 0 Å². The number of piperidine rings is 1. The van der Waals surface area contributed by atoms with Gasteiger partial charge in [-0.2, -0.15) is 0 Å². The molecule has 100 valence electrons. The first kappa shape index (κ1) is 13.3. The summed E-state index contributed by atoms with van der Waals surface area (Å²) in [6, 6.07) is 0.654. The number of likely N-dealkylation sites (N-methyl/N-ethyl adjacent to an activating group) is 1. The number of hydrogen-bond acceptors (Lipinski definition) is 3. The average Bonchev–Trinajstić information content (AvgIpc) is 3.16. The van der Waals surface area contributed by atoms with Gasteiger partial charge in [-0.15, -0.1) is 0 Å². The summed E-state index contributed by atoms with van der Waals surface area (Å²) in [7, 11) is 2.01. The molecule has 1 heterocycles. The fourth-order valence-corrected chi connectivity index (χ4v) is 3.31. The van der Waals surface area contributed by atoms with Crippen LogP contribution in [0.3, 0.4) is 0 Å². The Morgan fingerprint density at radius 1 is 1.29 bits per heavy atom. The van der Waals surface area contributed by atoms with Gasteiger partial charge in [0.2, 0.25) is 0 Å². The van der Waals surface area contributed by atoms with Crippen molar-refractivity contribution in [2.75, 3.05) is 26.7 Å². The van der Waals surface area contributed by atoms with E-state index in [2.05, 4.69) is 24.1 Å². The molecule has 0 spiro atoms. The summed E-state index contributed by atoms with van der Waals surface area (Å²) >= 11 is 0. The molecule has 3 unspecified atom stereocenters. The number of aliphatic hydroxyl groups excluding tert-OH is 1. The summed E-state index contributed by atoms with van der Waals surface area (Å²) in [4.78, 5) is 2.58. The van der Waals surface area contributed by atoms with Crippen LogP contribution in [-0.4, -0.2) is 48.3 Å². The van der Waals surface area contributed by atoms with Crippen LogP contribution < -0.4 is 5.32 Å². The molecule has 0 bridgehead atoms. The standard InChI is InChI=1S/C14H28N2O/c1-11-5-4-8-16(12(11)2)9-14(10-17,15-3)13-6-7-13/h11-13,15,17H,4-10H2,1-3H3. The third-order valence-electron chi connectivity index (χ3n) is 5.13.